The number of nitrogens with zero attached hydrogens (tertiary/aromatic N) is 3. The number of hydrogen-bond acceptors (Lipinski definition) is 8. The van der Waals surface area contributed by atoms with Crippen molar-refractivity contribution in [3.05, 3.63) is 53.4 Å². The van der Waals surface area contributed by atoms with Crippen LogP contribution in [0.3, 0.4) is 0 Å². The number of hydrogen-bond donors (Lipinski definition) is 1. The predicted molar refractivity (Wildman–Crippen MR) is 113 cm³/mol. The molecule has 2 heterocycles. The second kappa shape index (κ2) is 8.69. The lowest BCUT2D eigenvalue weighted by Gasteiger charge is -2.18. The van der Waals surface area contributed by atoms with Gasteiger partial charge in [0.2, 0.25) is 33.6 Å². The molecule has 1 aliphatic rings. The van der Waals surface area contributed by atoms with Crippen molar-refractivity contribution in [2.24, 2.45) is 0 Å². The van der Waals surface area contributed by atoms with Crippen LogP contribution in [0.4, 0.5) is 5.69 Å². The Kier molecular flexibility index (Phi) is 5.96. The molecule has 0 bridgehead atoms. The summed E-state index contributed by atoms with van der Waals surface area (Å²) >= 11 is 6.12. The Morgan fingerprint density at radius 3 is 2.56 bits per heavy atom. The Morgan fingerprint density at radius 2 is 1.88 bits per heavy atom. The maximum Gasteiger partial charge on any atom is 0.242 e. The van der Waals surface area contributed by atoms with Crippen molar-refractivity contribution in [3.8, 4) is 17.1 Å². The number of amides is 2. The smallest absolute Gasteiger partial charge is 0.242 e. The molecule has 1 saturated heterocycles. The molecule has 2 amide bonds. The van der Waals surface area contributed by atoms with Gasteiger partial charge in [0.05, 0.1) is 29.3 Å². The summed E-state index contributed by atoms with van der Waals surface area (Å²) < 4.78 is 38.3. The number of rotatable bonds is 7. The van der Waals surface area contributed by atoms with Crippen LogP contribution in [-0.4, -0.2) is 37.5 Å². The van der Waals surface area contributed by atoms with Gasteiger partial charge < -0.3 is 9.26 Å². The molecule has 4 rings (SSSR count). The number of halogens is 1. The van der Waals surface area contributed by atoms with Gasteiger partial charge in [-0.05, 0) is 30.3 Å². The van der Waals surface area contributed by atoms with E-state index in [1.165, 1.54) is 25.3 Å². The average Bonchev–Trinajstić information content (AvgIpc) is 3.38. The van der Waals surface area contributed by atoms with Gasteiger partial charge in [-0.25, -0.2) is 18.0 Å². The molecular weight excluding hydrogens is 460 g/mol. The highest BCUT2D eigenvalue weighted by Crippen LogP contribution is 2.34. The van der Waals surface area contributed by atoms with Crippen molar-refractivity contribution in [1.82, 2.24) is 14.9 Å². The summed E-state index contributed by atoms with van der Waals surface area (Å²) in [6.07, 6.45) is 0.115. The molecule has 0 unspecified atom stereocenters. The highest BCUT2D eigenvalue weighted by atomic mass is 35.5. The molecule has 32 heavy (non-hydrogen) atoms. The summed E-state index contributed by atoms with van der Waals surface area (Å²) in [4.78, 5) is 29.2. The molecule has 0 saturated carbocycles. The molecule has 0 radical (unpaired) electrons. The van der Waals surface area contributed by atoms with E-state index in [4.69, 9.17) is 20.9 Å². The van der Waals surface area contributed by atoms with Crippen molar-refractivity contribution in [2.45, 2.75) is 24.3 Å². The van der Waals surface area contributed by atoms with E-state index in [2.05, 4.69) is 14.9 Å². The Morgan fingerprint density at radius 1 is 1.16 bits per heavy atom. The number of ether oxygens (including phenoxy) is 1. The standard InChI is InChI=1S/C20H17ClN4O6S/c1-30-16-7-6-12(10-15(16)25-18(26)8-9-19(25)27)32(28,29)22-11-17-23-20(24-31-17)13-4-2-3-5-14(13)21/h2-7,10,22H,8-9,11H2,1H3. The predicted octanol–water partition coefficient (Wildman–Crippen LogP) is 2.53. The SMILES string of the molecule is COc1ccc(S(=O)(=O)NCc2nc(-c3ccccc3Cl)no2)cc1N1C(=O)CCC1=O. The van der Waals surface area contributed by atoms with Crippen molar-refractivity contribution in [2.75, 3.05) is 12.0 Å². The van der Waals surface area contributed by atoms with E-state index in [-0.39, 0.29) is 47.4 Å². The highest BCUT2D eigenvalue weighted by molar-refractivity contribution is 7.89. The Hall–Kier alpha value is -3.28. The maximum absolute atomic E-state index is 12.8. The number of sulfonamides is 1. The van der Waals surface area contributed by atoms with E-state index in [0.29, 0.717) is 10.6 Å². The third-order valence-corrected chi connectivity index (χ3v) is 6.48. The number of imide groups is 1. The van der Waals surface area contributed by atoms with Gasteiger partial charge in [-0.3, -0.25) is 9.59 Å². The van der Waals surface area contributed by atoms with Gasteiger partial charge in [-0.1, -0.05) is 28.9 Å². The topological polar surface area (TPSA) is 132 Å². The first-order chi connectivity index (χ1) is 15.3. The van der Waals surface area contributed by atoms with Crippen LogP contribution in [0.15, 0.2) is 51.9 Å². The summed E-state index contributed by atoms with van der Waals surface area (Å²) in [5, 5.41) is 4.25. The largest absolute Gasteiger partial charge is 0.495 e. The molecule has 1 aliphatic heterocycles. The number of anilines is 1. The zero-order valence-electron chi connectivity index (χ0n) is 16.7. The van der Waals surface area contributed by atoms with E-state index in [1.807, 2.05) is 0 Å². The second-order valence-corrected chi connectivity index (χ2v) is 8.95. The van der Waals surface area contributed by atoms with Crippen LogP contribution in [0, 0.1) is 0 Å². The molecular formula is C20H17ClN4O6S. The van der Waals surface area contributed by atoms with Crippen LogP contribution in [0.1, 0.15) is 18.7 Å². The highest BCUT2D eigenvalue weighted by Gasteiger charge is 2.33. The van der Waals surface area contributed by atoms with E-state index < -0.39 is 21.8 Å². The summed E-state index contributed by atoms with van der Waals surface area (Å²) in [6.45, 7) is -0.275. The number of carbonyl (C=O) groups excluding carboxylic acids is 2. The Balaban J connectivity index is 1.56. The van der Waals surface area contributed by atoms with E-state index in [1.54, 1.807) is 24.3 Å². The molecule has 3 aromatic rings. The Labute approximate surface area is 188 Å². The quantitative estimate of drug-likeness (QED) is 0.514. The third kappa shape index (κ3) is 4.22. The fraction of sp³-hybridized carbons (Fsp3) is 0.200. The molecule has 0 aliphatic carbocycles. The molecule has 1 N–H and O–H groups in total. The lowest BCUT2D eigenvalue weighted by molar-refractivity contribution is -0.121. The van der Waals surface area contributed by atoms with Crippen LogP contribution in [0.25, 0.3) is 11.4 Å². The molecule has 0 atom stereocenters. The van der Waals surface area contributed by atoms with Gasteiger partial charge in [0.25, 0.3) is 0 Å². The van der Waals surface area contributed by atoms with Gasteiger partial charge in [0.15, 0.2) is 0 Å². The first kappa shape index (κ1) is 21.9. The maximum atomic E-state index is 12.8. The van der Waals surface area contributed by atoms with Gasteiger partial charge in [-0.2, -0.15) is 4.98 Å². The van der Waals surface area contributed by atoms with Crippen LogP contribution >= 0.6 is 11.6 Å². The zero-order valence-corrected chi connectivity index (χ0v) is 18.3. The summed E-state index contributed by atoms with van der Waals surface area (Å²) in [6, 6.07) is 10.8. The van der Waals surface area contributed by atoms with Crippen molar-refractivity contribution in [3.63, 3.8) is 0 Å². The first-order valence-electron chi connectivity index (χ1n) is 9.41. The molecule has 0 spiro atoms. The van der Waals surface area contributed by atoms with E-state index in [0.717, 1.165) is 4.90 Å². The molecule has 1 aromatic heterocycles. The minimum Gasteiger partial charge on any atom is -0.495 e. The van der Waals surface area contributed by atoms with Crippen LogP contribution in [0.2, 0.25) is 5.02 Å². The lowest BCUT2D eigenvalue weighted by atomic mass is 10.2. The number of carbonyl (C=O) groups is 2. The number of nitrogens with one attached hydrogen (secondary N) is 1. The van der Waals surface area contributed by atoms with Gasteiger partial charge in [0.1, 0.15) is 5.75 Å². The van der Waals surface area contributed by atoms with Crippen LogP contribution in [0.5, 0.6) is 5.75 Å². The van der Waals surface area contributed by atoms with Crippen LogP contribution in [-0.2, 0) is 26.2 Å². The second-order valence-electron chi connectivity index (χ2n) is 6.77. The average molecular weight is 477 g/mol. The third-order valence-electron chi connectivity index (χ3n) is 4.75. The molecule has 166 valence electrons. The van der Waals surface area contributed by atoms with Crippen molar-refractivity contribution < 1.29 is 27.3 Å². The van der Waals surface area contributed by atoms with E-state index in [9.17, 15) is 18.0 Å². The van der Waals surface area contributed by atoms with Crippen LogP contribution < -0.4 is 14.4 Å². The fourth-order valence-corrected chi connectivity index (χ4v) is 4.39. The lowest BCUT2D eigenvalue weighted by Crippen LogP contribution is -2.29. The molecule has 10 nitrogen and oxygen atoms in total. The molecule has 12 heteroatoms. The first-order valence-corrected chi connectivity index (χ1v) is 11.3. The molecule has 2 aromatic carbocycles. The normalized spacial score (nSPS) is 14.2. The summed E-state index contributed by atoms with van der Waals surface area (Å²) in [5.41, 5.74) is 0.619. The summed E-state index contributed by atoms with van der Waals surface area (Å²) in [5.74, 6) is -0.388. The summed E-state index contributed by atoms with van der Waals surface area (Å²) in [7, 11) is -2.68. The Bertz CT molecular complexity index is 1290. The van der Waals surface area contributed by atoms with Gasteiger partial charge >= 0.3 is 0 Å². The number of methoxy groups -OCH3 is 1. The minimum atomic E-state index is -4.04. The monoisotopic (exact) mass is 476 g/mol. The van der Waals surface area contributed by atoms with E-state index >= 15 is 0 Å². The number of aromatic nitrogens is 2. The fourth-order valence-electron chi connectivity index (χ4n) is 3.18. The van der Waals surface area contributed by atoms with Crippen molar-refractivity contribution in [1.29, 1.82) is 0 Å². The minimum absolute atomic E-state index is 0.0297. The van der Waals surface area contributed by atoms with Gasteiger partial charge in [0, 0.05) is 18.4 Å². The molecule has 1 fully saturated rings. The van der Waals surface area contributed by atoms with Gasteiger partial charge in [-0.15, -0.1) is 0 Å². The van der Waals surface area contributed by atoms with Crippen molar-refractivity contribution >= 4 is 39.1 Å². The number of benzene rings is 2. The zero-order chi connectivity index (χ0) is 22.9.